The Morgan fingerprint density at radius 2 is 1.60 bits per heavy atom. The first-order valence-electron chi connectivity index (χ1n) is 13.9. The van der Waals surface area contributed by atoms with Crippen LogP contribution in [0.2, 0.25) is 0 Å². The van der Waals surface area contributed by atoms with Crippen LogP contribution in [0.3, 0.4) is 0 Å². The monoisotopic (exact) mass is 547 g/mol. The smallest absolute Gasteiger partial charge is 0.252 e. The number of nitrogens with zero attached hydrogens (tertiary/aromatic N) is 2. The molecule has 3 aromatic carbocycles. The minimum atomic E-state index is -1.32. The second-order valence-electron chi connectivity index (χ2n) is 10.9. The largest absolute Gasteiger partial charge is 0.383 e. The van der Waals surface area contributed by atoms with Crippen molar-refractivity contribution in [2.45, 2.75) is 62.8 Å². The van der Waals surface area contributed by atoms with Crippen LogP contribution in [0.15, 0.2) is 72.8 Å². The van der Waals surface area contributed by atoms with E-state index in [2.05, 4.69) is 4.90 Å². The molecule has 4 atom stereocenters. The number of aliphatic hydroxyl groups is 1. The fraction of sp³-hybridized carbons (Fsp3) is 0.375. The van der Waals surface area contributed by atoms with Crippen molar-refractivity contribution in [1.29, 1.82) is 0 Å². The Hall–Kier alpha value is -3.62. The van der Waals surface area contributed by atoms with Crippen LogP contribution in [-0.4, -0.2) is 58.0 Å². The van der Waals surface area contributed by atoms with Gasteiger partial charge in [0.1, 0.15) is 17.7 Å². The SMILES string of the molecule is NC(=O)c1cccc([C@H]2C[C@H]3CC[C@@H](C2)N3CCN(Cc2c(F)cccc2F)C(=O)[C@@H](O)Cc2ccccc2)c1. The Bertz CT molecular complexity index is 1320. The van der Waals surface area contributed by atoms with Crippen molar-refractivity contribution >= 4 is 11.8 Å². The van der Waals surface area contributed by atoms with Crippen molar-refractivity contribution in [3.8, 4) is 0 Å². The van der Waals surface area contributed by atoms with Crippen LogP contribution < -0.4 is 5.73 Å². The molecule has 2 amide bonds. The van der Waals surface area contributed by atoms with Gasteiger partial charge in [-0.2, -0.15) is 0 Å². The molecular formula is C32H35F2N3O3. The molecule has 0 saturated carbocycles. The van der Waals surface area contributed by atoms with Crippen molar-refractivity contribution in [2.24, 2.45) is 5.73 Å². The van der Waals surface area contributed by atoms with Crippen LogP contribution in [-0.2, 0) is 17.8 Å². The van der Waals surface area contributed by atoms with E-state index in [9.17, 15) is 23.5 Å². The third-order valence-corrected chi connectivity index (χ3v) is 8.43. The lowest BCUT2D eigenvalue weighted by molar-refractivity contribution is -0.141. The van der Waals surface area contributed by atoms with Crippen molar-refractivity contribution in [3.05, 3.63) is 107 Å². The van der Waals surface area contributed by atoms with Gasteiger partial charge in [0.25, 0.3) is 5.91 Å². The Labute approximate surface area is 233 Å². The number of hydrogen-bond acceptors (Lipinski definition) is 4. The molecule has 0 aromatic heterocycles. The van der Waals surface area contributed by atoms with Gasteiger partial charge < -0.3 is 15.7 Å². The standard InChI is InChI=1S/C32H35F2N3O3/c33-28-10-5-11-29(34)27(28)20-36(32(40)30(38)16-21-6-2-1-3-7-21)14-15-37-25-12-13-26(37)19-24(18-25)22-8-4-9-23(17-22)31(35)39/h1-11,17,24-26,30,38H,12-16,18-20H2,(H2,35,39)/t24-,25+,26-,30-/m0/s1. The van der Waals surface area contributed by atoms with Gasteiger partial charge >= 0.3 is 0 Å². The summed E-state index contributed by atoms with van der Waals surface area (Å²) in [6, 6.07) is 21.0. The normalized spacial score (nSPS) is 21.2. The summed E-state index contributed by atoms with van der Waals surface area (Å²) in [6.45, 7) is 0.533. The molecule has 3 N–H and O–H groups in total. The van der Waals surface area contributed by atoms with Crippen molar-refractivity contribution in [1.82, 2.24) is 9.80 Å². The van der Waals surface area contributed by atoms with E-state index in [4.69, 9.17) is 5.73 Å². The van der Waals surface area contributed by atoms with Gasteiger partial charge in [0.2, 0.25) is 5.91 Å². The van der Waals surface area contributed by atoms with Crippen molar-refractivity contribution < 1.29 is 23.5 Å². The Kier molecular flexibility index (Phi) is 8.57. The maximum absolute atomic E-state index is 14.6. The highest BCUT2D eigenvalue weighted by molar-refractivity contribution is 5.92. The molecule has 2 aliphatic heterocycles. The summed E-state index contributed by atoms with van der Waals surface area (Å²) < 4.78 is 29.1. The van der Waals surface area contributed by atoms with Gasteiger partial charge in [0.15, 0.2) is 0 Å². The highest BCUT2D eigenvalue weighted by atomic mass is 19.1. The second-order valence-corrected chi connectivity index (χ2v) is 10.9. The maximum atomic E-state index is 14.6. The van der Waals surface area contributed by atoms with E-state index in [1.165, 1.54) is 23.1 Å². The molecule has 0 unspecified atom stereocenters. The number of halogens is 2. The molecule has 8 heteroatoms. The first kappa shape index (κ1) is 27.9. The summed E-state index contributed by atoms with van der Waals surface area (Å²) in [7, 11) is 0. The van der Waals surface area contributed by atoms with Gasteiger partial charge in [-0.15, -0.1) is 0 Å². The third kappa shape index (κ3) is 6.24. The Morgan fingerprint density at radius 3 is 2.25 bits per heavy atom. The molecule has 6 nitrogen and oxygen atoms in total. The predicted molar refractivity (Wildman–Crippen MR) is 148 cm³/mol. The zero-order valence-electron chi connectivity index (χ0n) is 22.4. The number of aliphatic hydroxyl groups excluding tert-OH is 1. The maximum Gasteiger partial charge on any atom is 0.252 e. The molecule has 40 heavy (non-hydrogen) atoms. The molecule has 0 radical (unpaired) electrons. The van der Waals surface area contributed by atoms with Gasteiger partial charge in [0.05, 0.1) is 6.54 Å². The Balaban J connectivity index is 1.29. The van der Waals surface area contributed by atoms with Crippen molar-refractivity contribution in [2.75, 3.05) is 13.1 Å². The van der Waals surface area contributed by atoms with Crippen molar-refractivity contribution in [3.63, 3.8) is 0 Å². The number of benzene rings is 3. The van der Waals surface area contributed by atoms with Gasteiger partial charge in [-0.25, -0.2) is 8.78 Å². The van der Waals surface area contributed by atoms with Gasteiger partial charge in [-0.05, 0) is 67.0 Å². The summed E-state index contributed by atoms with van der Waals surface area (Å²) >= 11 is 0. The van der Waals surface area contributed by atoms with E-state index < -0.39 is 29.6 Å². The number of carbonyl (C=O) groups is 2. The van der Waals surface area contributed by atoms with Crippen LogP contribution in [0.4, 0.5) is 8.78 Å². The zero-order valence-corrected chi connectivity index (χ0v) is 22.4. The van der Waals surface area contributed by atoms with Gasteiger partial charge in [0, 0.05) is 42.7 Å². The molecule has 2 aliphatic rings. The molecule has 5 rings (SSSR count). The molecule has 2 saturated heterocycles. The average molecular weight is 548 g/mol. The number of hydrogen-bond donors (Lipinski definition) is 2. The number of rotatable bonds is 10. The van der Waals surface area contributed by atoms with E-state index in [0.29, 0.717) is 30.1 Å². The first-order chi connectivity index (χ1) is 19.3. The number of primary amides is 1. The number of amides is 2. The van der Waals surface area contributed by atoms with Crippen LogP contribution in [0, 0.1) is 11.6 Å². The predicted octanol–water partition coefficient (Wildman–Crippen LogP) is 4.41. The topological polar surface area (TPSA) is 86.9 Å². The van der Waals surface area contributed by atoms with E-state index in [1.54, 1.807) is 6.07 Å². The van der Waals surface area contributed by atoms with Crippen LogP contribution >= 0.6 is 0 Å². The second kappa shape index (κ2) is 12.3. The number of nitrogens with two attached hydrogens (primary N) is 1. The van der Waals surface area contributed by atoms with Crippen LogP contribution in [0.25, 0.3) is 0 Å². The quantitative estimate of drug-likeness (QED) is 0.394. The fourth-order valence-corrected chi connectivity index (χ4v) is 6.37. The molecule has 3 aromatic rings. The molecule has 210 valence electrons. The van der Waals surface area contributed by atoms with Gasteiger partial charge in [-0.3, -0.25) is 14.5 Å². The molecule has 2 bridgehead atoms. The average Bonchev–Trinajstić information content (AvgIpc) is 3.18. The van der Waals surface area contributed by atoms with Crippen LogP contribution in [0.1, 0.15) is 58.6 Å². The lowest BCUT2D eigenvalue weighted by Gasteiger charge is -2.40. The molecular weight excluding hydrogens is 512 g/mol. The molecule has 2 heterocycles. The lowest BCUT2D eigenvalue weighted by atomic mass is 9.84. The number of piperidine rings is 1. The highest BCUT2D eigenvalue weighted by Gasteiger charge is 2.41. The minimum absolute atomic E-state index is 0.122. The highest BCUT2D eigenvalue weighted by Crippen LogP contribution is 2.43. The van der Waals surface area contributed by atoms with E-state index >= 15 is 0 Å². The summed E-state index contributed by atoms with van der Waals surface area (Å²) in [5.41, 5.74) is 7.74. The third-order valence-electron chi connectivity index (χ3n) is 8.43. The summed E-state index contributed by atoms with van der Waals surface area (Å²) in [4.78, 5) is 28.9. The minimum Gasteiger partial charge on any atom is -0.383 e. The number of carbonyl (C=O) groups excluding carboxylic acids is 2. The van der Waals surface area contributed by atoms with E-state index in [1.807, 2.05) is 48.5 Å². The van der Waals surface area contributed by atoms with E-state index in [0.717, 1.165) is 36.8 Å². The van der Waals surface area contributed by atoms with Gasteiger partial charge in [-0.1, -0.05) is 48.5 Å². The fourth-order valence-electron chi connectivity index (χ4n) is 6.37. The molecule has 0 aliphatic carbocycles. The first-order valence-corrected chi connectivity index (χ1v) is 13.9. The molecule has 0 spiro atoms. The summed E-state index contributed by atoms with van der Waals surface area (Å²) in [5, 5.41) is 10.8. The van der Waals surface area contributed by atoms with E-state index in [-0.39, 0.29) is 25.1 Å². The molecule has 2 fully saturated rings. The van der Waals surface area contributed by atoms with Crippen LogP contribution in [0.5, 0.6) is 0 Å². The summed E-state index contributed by atoms with van der Waals surface area (Å²) in [5.74, 6) is -2.10. The Morgan fingerprint density at radius 1 is 0.950 bits per heavy atom. The lowest BCUT2D eigenvalue weighted by Crippen LogP contribution is -2.48. The summed E-state index contributed by atoms with van der Waals surface area (Å²) in [6.07, 6.45) is 2.71. The zero-order chi connectivity index (χ0) is 28.2. The number of fused-ring (bicyclic) bond motifs is 2.